The molecule has 2 heterocycles. The zero-order valence-electron chi connectivity index (χ0n) is 17.0. The molecule has 8 heteroatoms. The van der Waals surface area contributed by atoms with Gasteiger partial charge in [0.15, 0.2) is 5.82 Å². The van der Waals surface area contributed by atoms with E-state index in [0.717, 1.165) is 12.8 Å². The maximum atomic E-state index is 15.5. The van der Waals surface area contributed by atoms with Crippen molar-refractivity contribution in [3.8, 4) is 0 Å². The number of aromatic nitrogens is 1. The van der Waals surface area contributed by atoms with Crippen LogP contribution >= 0.6 is 11.6 Å². The van der Waals surface area contributed by atoms with Crippen molar-refractivity contribution in [1.29, 1.82) is 0 Å². The third-order valence-corrected chi connectivity index (χ3v) is 6.70. The number of likely N-dealkylation sites (N-methyl/N-ethyl adjacent to an activating group) is 1. The Hall–Kier alpha value is -2.12. The largest absolute Gasteiger partial charge is 0.477 e. The SMILES string of the molecule is CN[C@@H]1CN(c2c(F)c(C)c3c(=O)c(C(=O)O)cn(C4CC4)c3c2Cl)CC1(C)C. The topological polar surface area (TPSA) is 74.6 Å². The van der Waals surface area contributed by atoms with Gasteiger partial charge in [-0.2, -0.15) is 0 Å². The standard InChI is InChI=1S/C21H25ClFN3O3/c1-10-14-17(26(11-5-6-11)7-12(19(14)27)20(28)29)15(22)18(16(10)23)25-8-13(24-4)21(2,3)9-25/h7,11,13,24H,5-6,8-9H2,1-4H3,(H,28,29)/t13-/m1/s1. The maximum Gasteiger partial charge on any atom is 0.341 e. The van der Waals surface area contributed by atoms with Crippen LogP contribution in [0.3, 0.4) is 0 Å². The van der Waals surface area contributed by atoms with Crippen molar-refractivity contribution >= 4 is 34.2 Å². The Bertz CT molecular complexity index is 1090. The van der Waals surface area contributed by atoms with E-state index >= 15 is 4.39 Å². The van der Waals surface area contributed by atoms with Crippen molar-refractivity contribution in [3.05, 3.63) is 38.4 Å². The number of benzene rings is 1. The van der Waals surface area contributed by atoms with Crippen LogP contribution in [0.2, 0.25) is 5.02 Å². The Morgan fingerprint density at radius 2 is 2.03 bits per heavy atom. The van der Waals surface area contributed by atoms with Gasteiger partial charge in [0.05, 0.1) is 21.6 Å². The molecule has 0 radical (unpaired) electrons. The number of carboxylic acid groups (broad SMARTS) is 1. The van der Waals surface area contributed by atoms with Gasteiger partial charge in [-0.05, 0) is 32.2 Å². The summed E-state index contributed by atoms with van der Waals surface area (Å²) in [5.74, 6) is -1.87. The minimum atomic E-state index is -1.32. The van der Waals surface area contributed by atoms with Crippen molar-refractivity contribution < 1.29 is 14.3 Å². The molecule has 2 aliphatic rings. The van der Waals surface area contributed by atoms with E-state index in [9.17, 15) is 14.7 Å². The summed E-state index contributed by atoms with van der Waals surface area (Å²) in [6.45, 7) is 6.96. The molecule has 6 nitrogen and oxygen atoms in total. The minimum Gasteiger partial charge on any atom is -0.477 e. The molecule has 1 aliphatic carbocycles. The van der Waals surface area contributed by atoms with Crippen molar-refractivity contribution in [2.75, 3.05) is 25.0 Å². The second-order valence-electron chi connectivity index (χ2n) is 8.85. The fraction of sp³-hybridized carbons (Fsp3) is 0.524. The second-order valence-corrected chi connectivity index (χ2v) is 9.23. The molecule has 2 aromatic rings. The number of rotatable bonds is 4. The Morgan fingerprint density at radius 3 is 2.55 bits per heavy atom. The third kappa shape index (κ3) is 3.02. The number of anilines is 1. The van der Waals surface area contributed by atoms with E-state index in [1.165, 1.54) is 13.1 Å². The number of nitrogens with zero attached hydrogens (tertiary/aromatic N) is 2. The summed E-state index contributed by atoms with van der Waals surface area (Å²) in [6.07, 6.45) is 3.11. The molecule has 4 rings (SSSR count). The highest BCUT2D eigenvalue weighted by Gasteiger charge is 2.41. The zero-order valence-corrected chi connectivity index (χ0v) is 17.7. The molecule has 2 fully saturated rings. The van der Waals surface area contributed by atoms with Gasteiger partial charge in [-0.1, -0.05) is 25.4 Å². The van der Waals surface area contributed by atoms with E-state index in [0.29, 0.717) is 24.3 Å². The van der Waals surface area contributed by atoms with Crippen LogP contribution in [-0.4, -0.2) is 41.8 Å². The number of carbonyl (C=O) groups is 1. The second kappa shape index (κ2) is 6.71. The summed E-state index contributed by atoms with van der Waals surface area (Å²) in [5, 5.41) is 13.0. The summed E-state index contributed by atoms with van der Waals surface area (Å²) >= 11 is 6.75. The van der Waals surface area contributed by atoms with E-state index in [4.69, 9.17) is 11.6 Å². The minimum absolute atomic E-state index is 0.0617. The Balaban J connectivity index is 2.02. The van der Waals surface area contributed by atoms with Crippen molar-refractivity contribution in [2.45, 2.75) is 45.7 Å². The zero-order chi connectivity index (χ0) is 21.2. The number of aromatic carboxylic acids is 1. The molecule has 1 saturated carbocycles. The van der Waals surface area contributed by atoms with Crippen molar-refractivity contribution in [2.24, 2.45) is 5.41 Å². The first-order chi connectivity index (χ1) is 13.6. The van der Waals surface area contributed by atoms with Crippen molar-refractivity contribution in [3.63, 3.8) is 0 Å². The van der Waals surface area contributed by atoms with Crippen LogP contribution in [-0.2, 0) is 0 Å². The number of hydrogen-bond acceptors (Lipinski definition) is 4. The molecule has 2 N–H and O–H groups in total. The predicted octanol–water partition coefficient (Wildman–Crippen LogP) is 3.57. The molecule has 0 spiro atoms. The molecule has 29 heavy (non-hydrogen) atoms. The average Bonchev–Trinajstić information content (AvgIpc) is 3.43. The van der Waals surface area contributed by atoms with E-state index in [2.05, 4.69) is 19.2 Å². The molecule has 156 valence electrons. The molecular weight excluding hydrogens is 397 g/mol. The van der Waals surface area contributed by atoms with Crippen LogP contribution in [0.5, 0.6) is 0 Å². The lowest BCUT2D eigenvalue weighted by molar-refractivity contribution is 0.0695. The summed E-state index contributed by atoms with van der Waals surface area (Å²) in [6, 6.07) is 0.237. The van der Waals surface area contributed by atoms with Crippen LogP contribution in [0, 0.1) is 18.2 Å². The number of halogens is 2. The van der Waals surface area contributed by atoms with E-state index in [1.54, 1.807) is 4.57 Å². The molecule has 0 amide bonds. The summed E-state index contributed by atoms with van der Waals surface area (Å²) in [4.78, 5) is 26.4. The molecule has 0 bridgehead atoms. The van der Waals surface area contributed by atoms with Crippen molar-refractivity contribution in [1.82, 2.24) is 9.88 Å². The highest BCUT2D eigenvalue weighted by molar-refractivity contribution is 6.38. The van der Waals surface area contributed by atoms with Crippen LogP contribution in [0.25, 0.3) is 10.9 Å². The monoisotopic (exact) mass is 421 g/mol. The highest BCUT2D eigenvalue weighted by Crippen LogP contribution is 2.45. The van der Waals surface area contributed by atoms with E-state index in [-0.39, 0.29) is 39.0 Å². The fourth-order valence-electron chi connectivity index (χ4n) is 4.56. The Morgan fingerprint density at radius 1 is 1.38 bits per heavy atom. The van der Waals surface area contributed by atoms with Gasteiger partial charge >= 0.3 is 5.97 Å². The van der Waals surface area contributed by atoms with Crippen LogP contribution in [0.4, 0.5) is 10.1 Å². The number of pyridine rings is 1. The first kappa shape index (κ1) is 20.2. The smallest absolute Gasteiger partial charge is 0.341 e. The summed E-state index contributed by atoms with van der Waals surface area (Å²) < 4.78 is 17.3. The lowest BCUT2D eigenvalue weighted by Crippen LogP contribution is -2.38. The van der Waals surface area contributed by atoms with E-state index < -0.39 is 17.2 Å². The van der Waals surface area contributed by atoms with Gasteiger partial charge in [-0.25, -0.2) is 9.18 Å². The van der Waals surface area contributed by atoms with Gasteiger partial charge < -0.3 is 19.9 Å². The lowest BCUT2D eigenvalue weighted by Gasteiger charge is -2.26. The maximum absolute atomic E-state index is 15.5. The van der Waals surface area contributed by atoms with Gasteiger partial charge in [0, 0.05) is 36.9 Å². The molecule has 1 aliphatic heterocycles. The number of fused-ring (bicyclic) bond motifs is 1. The predicted molar refractivity (Wildman–Crippen MR) is 112 cm³/mol. The summed E-state index contributed by atoms with van der Waals surface area (Å²) in [5.41, 5.74) is -0.260. The first-order valence-corrected chi connectivity index (χ1v) is 10.2. The average molecular weight is 422 g/mol. The molecule has 0 unspecified atom stereocenters. The number of hydrogen-bond donors (Lipinski definition) is 2. The van der Waals surface area contributed by atoms with Gasteiger partial charge in [0.1, 0.15) is 5.56 Å². The number of aryl methyl sites for hydroxylation is 1. The van der Waals surface area contributed by atoms with Crippen LogP contribution in [0.1, 0.15) is 48.7 Å². The highest BCUT2D eigenvalue weighted by atomic mass is 35.5. The quantitative estimate of drug-likeness (QED) is 0.789. The molecule has 1 saturated heterocycles. The Kier molecular flexibility index (Phi) is 4.66. The molecule has 1 aromatic carbocycles. The molecule has 1 atom stereocenters. The number of carboxylic acids is 1. The third-order valence-electron chi connectivity index (χ3n) is 6.34. The van der Waals surface area contributed by atoms with Gasteiger partial charge in [-0.15, -0.1) is 0 Å². The fourth-order valence-corrected chi connectivity index (χ4v) is 4.95. The lowest BCUT2D eigenvalue weighted by atomic mass is 9.88. The summed E-state index contributed by atoms with van der Waals surface area (Å²) in [7, 11) is 1.89. The van der Waals surface area contributed by atoms with Gasteiger partial charge in [0.25, 0.3) is 0 Å². The first-order valence-electron chi connectivity index (χ1n) is 9.80. The van der Waals surface area contributed by atoms with Gasteiger partial charge in [0.2, 0.25) is 5.43 Å². The van der Waals surface area contributed by atoms with Crippen LogP contribution in [0.15, 0.2) is 11.0 Å². The molecule has 1 aromatic heterocycles. The number of nitrogens with one attached hydrogen (secondary N) is 1. The van der Waals surface area contributed by atoms with E-state index in [1.807, 2.05) is 11.9 Å². The van der Waals surface area contributed by atoms with Crippen LogP contribution < -0.4 is 15.6 Å². The molecular formula is C21H25ClFN3O3. The Labute approximate surface area is 173 Å². The van der Waals surface area contributed by atoms with Gasteiger partial charge in [-0.3, -0.25) is 4.79 Å². The normalized spacial score (nSPS) is 21.2.